The summed E-state index contributed by atoms with van der Waals surface area (Å²) in [5.74, 6) is 0. The summed E-state index contributed by atoms with van der Waals surface area (Å²) in [5.41, 5.74) is 0. The van der Waals surface area contributed by atoms with Gasteiger partial charge < -0.3 is 0 Å². The molecule has 1 nitrogen and oxygen atoms in total. The van der Waals surface area contributed by atoms with Gasteiger partial charge in [0.05, 0.1) is 0 Å². The average Bonchev–Trinajstić information content (AvgIpc) is 1.37. The van der Waals surface area contributed by atoms with Gasteiger partial charge in [0, 0.05) is 0 Å². The Bertz CT molecular complexity index is 20.0. The second-order valence-corrected chi connectivity index (χ2v) is 0.670. The van der Waals surface area contributed by atoms with Crippen molar-refractivity contribution in [2.45, 2.75) is 0 Å². The molecular formula is C2H4OV. The van der Waals surface area contributed by atoms with Gasteiger partial charge in [-0.05, 0) is 0 Å². The molecule has 0 aromatic rings. The summed E-state index contributed by atoms with van der Waals surface area (Å²) < 4.78 is 4.39. The summed E-state index contributed by atoms with van der Waals surface area (Å²) in [6.45, 7) is 0. The molecule has 23 valence electrons. The van der Waals surface area contributed by atoms with Crippen LogP contribution in [0.3, 0.4) is 0 Å². The molecule has 0 aromatic carbocycles. The zero-order valence-corrected chi connectivity index (χ0v) is 3.83. The van der Waals surface area contributed by atoms with E-state index in [1.165, 1.54) is 0 Å². The molecule has 2 heteroatoms. The molecule has 0 aliphatic rings. The summed E-state index contributed by atoms with van der Waals surface area (Å²) in [6.07, 6.45) is 0. The topological polar surface area (TPSA) is 9.23 Å². The molecule has 0 aromatic heterocycles. The fraction of sp³-hybridized carbons (Fsp3) is 0.500. The SMILES string of the molecule is CO[CH]=[V]. The zero-order chi connectivity index (χ0) is 3.41. The Morgan fingerprint density at radius 2 is 2.25 bits per heavy atom. The molecule has 0 unspecified atom stereocenters. The van der Waals surface area contributed by atoms with Crippen molar-refractivity contribution in [2.75, 3.05) is 7.11 Å². The van der Waals surface area contributed by atoms with Crippen LogP contribution in [0.25, 0.3) is 0 Å². The van der Waals surface area contributed by atoms with Gasteiger partial charge in [-0.15, -0.1) is 0 Å². The Kier molecular flexibility index (Phi) is 3.77. The van der Waals surface area contributed by atoms with E-state index >= 15 is 0 Å². The standard InChI is InChI=1S/C2H4O.V/c1-3-2;/h1H,2H3;. The third-order valence-electron chi connectivity index (χ3n) is 0.105. The summed E-state index contributed by atoms with van der Waals surface area (Å²) in [7, 11) is 1.61. The zero-order valence-electron chi connectivity index (χ0n) is 2.43. The maximum atomic E-state index is 4.39. The number of methoxy groups -OCH3 is 1. The summed E-state index contributed by atoms with van der Waals surface area (Å²) in [5, 5.41) is 0. The quantitative estimate of drug-likeness (QED) is 0.443. The third-order valence-corrected chi connectivity index (χ3v) is 0.435. The average molecular weight is 95.0 g/mol. The van der Waals surface area contributed by atoms with Crippen molar-refractivity contribution >= 4 is 4.92 Å². The Hall–Kier alpha value is 0.414. The minimum absolute atomic E-state index is 1.56. The van der Waals surface area contributed by atoms with Crippen LogP contribution in [0.1, 0.15) is 0 Å². The second kappa shape index (κ2) is 3.41. The first-order valence-electron chi connectivity index (χ1n) is 0.902. The van der Waals surface area contributed by atoms with Crippen molar-refractivity contribution in [1.82, 2.24) is 0 Å². The molecule has 0 spiro atoms. The molecule has 0 radical (unpaired) electrons. The van der Waals surface area contributed by atoms with Crippen LogP contribution in [-0.2, 0) is 21.7 Å². The number of hydrogen-bond acceptors (Lipinski definition) is 1. The second-order valence-electron chi connectivity index (χ2n) is 0.341. The van der Waals surface area contributed by atoms with Gasteiger partial charge in [0.25, 0.3) is 0 Å². The Labute approximate surface area is 34.5 Å². The van der Waals surface area contributed by atoms with Crippen molar-refractivity contribution in [2.24, 2.45) is 0 Å². The van der Waals surface area contributed by atoms with Crippen LogP contribution >= 0.6 is 0 Å². The van der Waals surface area contributed by atoms with E-state index in [1.54, 1.807) is 12.0 Å². The van der Waals surface area contributed by atoms with Crippen LogP contribution < -0.4 is 0 Å². The molecule has 0 saturated carbocycles. The Morgan fingerprint density at radius 1 is 2.00 bits per heavy atom. The monoisotopic (exact) mass is 95.0 g/mol. The van der Waals surface area contributed by atoms with Gasteiger partial charge in [0.2, 0.25) is 0 Å². The molecule has 0 amide bonds. The number of rotatable bonds is 1. The Balaban J connectivity index is 2.30. The van der Waals surface area contributed by atoms with E-state index in [4.69, 9.17) is 0 Å². The number of ether oxygens (including phenoxy) is 1. The van der Waals surface area contributed by atoms with Crippen molar-refractivity contribution in [3.8, 4) is 0 Å². The fourth-order valence-corrected chi connectivity index (χ4v) is 0. The summed E-state index contributed by atoms with van der Waals surface area (Å²) in [6, 6.07) is 0. The van der Waals surface area contributed by atoms with E-state index in [9.17, 15) is 0 Å². The van der Waals surface area contributed by atoms with Crippen LogP contribution in [0.2, 0.25) is 0 Å². The molecule has 0 rings (SSSR count). The van der Waals surface area contributed by atoms with E-state index < -0.39 is 0 Å². The predicted octanol–water partition coefficient (Wildman–Crippen LogP) is -0.0607. The Morgan fingerprint density at radius 3 is 2.25 bits per heavy atom. The first kappa shape index (κ1) is 4.41. The molecule has 0 aliphatic carbocycles. The van der Waals surface area contributed by atoms with E-state index in [-0.39, 0.29) is 0 Å². The van der Waals surface area contributed by atoms with E-state index in [2.05, 4.69) is 21.7 Å². The van der Waals surface area contributed by atoms with Crippen molar-refractivity contribution < 1.29 is 21.7 Å². The van der Waals surface area contributed by atoms with Gasteiger partial charge in [0.1, 0.15) is 0 Å². The number of hydrogen-bond donors (Lipinski definition) is 0. The first-order chi connectivity index (χ1) is 1.91. The molecule has 0 saturated heterocycles. The fourth-order valence-electron chi connectivity index (χ4n) is 0. The molecule has 4 heavy (non-hydrogen) atoms. The molecule has 0 N–H and O–H groups in total. The van der Waals surface area contributed by atoms with Crippen LogP contribution in [0.4, 0.5) is 0 Å². The summed E-state index contributed by atoms with van der Waals surface area (Å²) in [4.78, 5) is 1.56. The van der Waals surface area contributed by atoms with Crippen molar-refractivity contribution in [1.29, 1.82) is 0 Å². The summed E-state index contributed by atoms with van der Waals surface area (Å²) >= 11 is 2.19. The molecule has 0 heterocycles. The van der Waals surface area contributed by atoms with Gasteiger partial charge >= 0.3 is 33.7 Å². The molecule has 0 atom stereocenters. The van der Waals surface area contributed by atoms with Crippen LogP contribution in [-0.4, -0.2) is 12.0 Å². The molecule has 0 aliphatic heterocycles. The van der Waals surface area contributed by atoms with Gasteiger partial charge in [-0.1, -0.05) is 0 Å². The van der Waals surface area contributed by atoms with E-state index in [1.807, 2.05) is 0 Å². The van der Waals surface area contributed by atoms with Crippen molar-refractivity contribution in [3.63, 3.8) is 0 Å². The molecule has 0 bridgehead atoms. The van der Waals surface area contributed by atoms with E-state index in [0.29, 0.717) is 0 Å². The predicted molar refractivity (Wildman–Crippen MR) is 13.1 cm³/mol. The first-order valence-corrected chi connectivity index (χ1v) is 1.71. The minimum atomic E-state index is 1.56. The van der Waals surface area contributed by atoms with E-state index in [0.717, 1.165) is 0 Å². The van der Waals surface area contributed by atoms with Crippen molar-refractivity contribution in [3.05, 3.63) is 0 Å². The van der Waals surface area contributed by atoms with Gasteiger partial charge in [-0.3, -0.25) is 0 Å². The van der Waals surface area contributed by atoms with Crippen LogP contribution in [0, 0.1) is 0 Å². The van der Waals surface area contributed by atoms with Crippen LogP contribution in [0.15, 0.2) is 0 Å². The third kappa shape index (κ3) is 2.41. The molecular weight excluding hydrogens is 91.0 g/mol. The van der Waals surface area contributed by atoms with Gasteiger partial charge in [-0.2, -0.15) is 0 Å². The van der Waals surface area contributed by atoms with Gasteiger partial charge in [-0.25, -0.2) is 0 Å². The molecule has 0 fully saturated rings. The van der Waals surface area contributed by atoms with Gasteiger partial charge in [0.15, 0.2) is 0 Å². The maximum absolute atomic E-state index is 4.39. The van der Waals surface area contributed by atoms with Crippen LogP contribution in [0.5, 0.6) is 0 Å². The normalized spacial score (nSPS) is 6.00.